The Morgan fingerprint density at radius 2 is 2.17 bits per heavy atom. The van der Waals surface area contributed by atoms with E-state index in [2.05, 4.69) is 10.3 Å². The van der Waals surface area contributed by atoms with Crippen LogP contribution in [0.15, 0.2) is 0 Å². The van der Waals surface area contributed by atoms with Crippen LogP contribution >= 0.6 is 11.3 Å². The first-order valence-corrected chi connectivity index (χ1v) is 5.47. The summed E-state index contributed by atoms with van der Waals surface area (Å²) in [6.45, 7) is -1.46. The van der Waals surface area contributed by atoms with E-state index in [1.54, 1.807) is 5.32 Å². The third kappa shape index (κ3) is 3.22. The Hall–Kier alpha value is -1.58. The van der Waals surface area contributed by atoms with E-state index in [-0.39, 0.29) is 10.7 Å². The van der Waals surface area contributed by atoms with Gasteiger partial charge in [-0.15, -0.1) is 0 Å². The molecule has 0 saturated carbocycles. The number of hydrogen-bond acceptors (Lipinski definition) is 5. The van der Waals surface area contributed by atoms with Crippen molar-refractivity contribution in [3.05, 3.63) is 4.88 Å². The molecule has 0 radical (unpaired) electrons. The van der Waals surface area contributed by atoms with Gasteiger partial charge in [-0.3, -0.25) is 4.79 Å². The van der Waals surface area contributed by atoms with Crippen LogP contribution in [0.4, 0.5) is 28.5 Å². The van der Waals surface area contributed by atoms with E-state index >= 15 is 0 Å². The second kappa shape index (κ2) is 5.38. The van der Waals surface area contributed by atoms with Gasteiger partial charge >= 0.3 is 12.3 Å². The summed E-state index contributed by atoms with van der Waals surface area (Å²) in [5.74, 6) is -5.39. The second-order valence-electron chi connectivity index (χ2n) is 3.23. The maximum absolute atomic E-state index is 12.6. The number of amides is 1. The molecule has 0 saturated heterocycles. The summed E-state index contributed by atoms with van der Waals surface area (Å²) >= 11 is 0.835. The third-order valence-corrected chi connectivity index (χ3v) is 2.96. The molecule has 0 unspecified atom stereocenters. The highest BCUT2D eigenvalue weighted by atomic mass is 32.1. The summed E-state index contributed by atoms with van der Waals surface area (Å²) in [5, 5.41) is 4.62. The number of nitrogens with one attached hydrogen (secondary N) is 2. The van der Waals surface area contributed by atoms with Crippen molar-refractivity contribution >= 4 is 28.2 Å². The van der Waals surface area contributed by atoms with Gasteiger partial charge in [-0.1, -0.05) is 11.3 Å². The van der Waals surface area contributed by atoms with Gasteiger partial charge in [0.1, 0.15) is 10.7 Å². The van der Waals surface area contributed by atoms with E-state index in [0.717, 1.165) is 11.3 Å². The first-order chi connectivity index (χ1) is 8.27. The zero-order chi connectivity index (χ0) is 13.9. The fraction of sp³-hybridized carbons (Fsp3) is 0.500. The zero-order valence-electron chi connectivity index (χ0n) is 9.14. The summed E-state index contributed by atoms with van der Waals surface area (Å²) < 4.78 is 48.9. The van der Waals surface area contributed by atoms with Crippen molar-refractivity contribution in [2.75, 3.05) is 24.6 Å². The molecule has 1 rings (SSSR count). The molecule has 1 heterocycles. The van der Waals surface area contributed by atoms with E-state index in [1.807, 2.05) is 0 Å². The minimum atomic E-state index is -4.28. The van der Waals surface area contributed by atoms with Gasteiger partial charge in [0, 0.05) is 7.05 Å². The molecule has 0 aliphatic rings. The molecule has 18 heavy (non-hydrogen) atoms. The average molecular weight is 286 g/mol. The molecule has 0 fully saturated rings. The molecule has 0 aromatic carbocycles. The third-order valence-electron chi connectivity index (χ3n) is 1.88. The van der Waals surface area contributed by atoms with Crippen LogP contribution in [0.5, 0.6) is 0 Å². The van der Waals surface area contributed by atoms with Crippen molar-refractivity contribution in [1.29, 1.82) is 0 Å². The Labute approximate surface area is 103 Å². The summed E-state index contributed by atoms with van der Waals surface area (Å²) in [4.78, 5) is 15.0. The molecule has 102 valence electrons. The van der Waals surface area contributed by atoms with Gasteiger partial charge in [0.05, 0.1) is 6.54 Å². The molecule has 0 bridgehead atoms. The van der Waals surface area contributed by atoms with Crippen LogP contribution in [0.25, 0.3) is 0 Å². The SMILES string of the molecule is CNc1nc(N)c(C(=O)NCC(F)(F)C(F)F)s1. The predicted molar refractivity (Wildman–Crippen MR) is 59.4 cm³/mol. The molecule has 0 aliphatic carbocycles. The highest BCUT2D eigenvalue weighted by Gasteiger charge is 2.41. The van der Waals surface area contributed by atoms with Gasteiger partial charge in [0.2, 0.25) is 0 Å². The molecule has 1 aromatic heterocycles. The van der Waals surface area contributed by atoms with Crippen LogP contribution in [-0.2, 0) is 0 Å². The molecular formula is C8H10F4N4OS. The summed E-state index contributed by atoms with van der Waals surface area (Å²) in [5.41, 5.74) is 5.38. The molecule has 0 spiro atoms. The van der Waals surface area contributed by atoms with Gasteiger partial charge in [-0.05, 0) is 0 Å². The predicted octanol–water partition coefficient (Wildman–Crippen LogP) is 1.40. The lowest BCUT2D eigenvalue weighted by molar-refractivity contribution is -0.123. The lowest BCUT2D eigenvalue weighted by Gasteiger charge is -2.15. The highest BCUT2D eigenvalue weighted by molar-refractivity contribution is 7.18. The van der Waals surface area contributed by atoms with Crippen LogP contribution in [-0.4, -0.2) is 36.8 Å². The number of anilines is 2. The van der Waals surface area contributed by atoms with Crippen molar-refractivity contribution in [2.24, 2.45) is 0 Å². The fourth-order valence-electron chi connectivity index (χ4n) is 0.957. The highest BCUT2D eigenvalue weighted by Crippen LogP contribution is 2.25. The van der Waals surface area contributed by atoms with Crippen molar-refractivity contribution in [1.82, 2.24) is 10.3 Å². The van der Waals surface area contributed by atoms with Crippen LogP contribution in [0.2, 0.25) is 0 Å². The van der Waals surface area contributed by atoms with E-state index in [9.17, 15) is 22.4 Å². The molecule has 4 N–H and O–H groups in total. The Morgan fingerprint density at radius 1 is 1.56 bits per heavy atom. The molecule has 10 heteroatoms. The van der Waals surface area contributed by atoms with E-state index in [0.29, 0.717) is 5.13 Å². The normalized spacial score (nSPS) is 11.7. The maximum atomic E-state index is 12.6. The minimum Gasteiger partial charge on any atom is -0.382 e. The van der Waals surface area contributed by atoms with Gasteiger partial charge in [-0.25, -0.2) is 13.8 Å². The maximum Gasteiger partial charge on any atom is 0.324 e. The first-order valence-electron chi connectivity index (χ1n) is 4.66. The minimum absolute atomic E-state index is 0.107. The lowest BCUT2D eigenvalue weighted by Crippen LogP contribution is -2.41. The van der Waals surface area contributed by atoms with Crippen LogP contribution in [0.3, 0.4) is 0 Å². The van der Waals surface area contributed by atoms with E-state index < -0.39 is 24.8 Å². The van der Waals surface area contributed by atoms with Crippen LogP contribution in [0.1, 0.15) is 9.67 Å². The smallest absolute Gasteiger partial charge is 0.324 e. The largest absolute Gasteiger partial charge is 0.382 e. The number of carbonyl (C=O) groups excluding carboxylic acids is 1. The number of aromatic nitrogens is 1. The van der Waals surface area contributed by atoms with E-state index in [1.165, 1.54) is 7.05 Å². The number of hydrogen-bond donors (Lipinski definition) is 3. The summed E-state index contributed by atoms with van der Waals surface area (Å²) in [6.07, 6.45) is -3.84. The topological polar surface area (TPSA) is 80.0 Å². The Kier molecular flexibility index (Phi) is 4.33. The summed E-state index contributed by atoms with van der Waals surface area (Å²) in [7, 11) is 1.53. The Balaban J connectivity index is 2.68. The second-order valence-corrected chi connectivity index (χ2v) is 4.23. The van der Waals surface area contributed by atoms with Gasteiger partial charge < -0.3 is 16.4 Å². The van der Waals surface area contributed by atoms with Gasteiger partial charge in [0.15, 0.2) is 5.13 Å². The first kappa shape index (κ1) is 14.5. The molecule has 0 atom stereocenters. The number of carbonyl (C=O) groups is 1. The Morgan fingerprint density at radius 3 is 2.61 bits per heavy atom. The molecule has 5 nitrogen and oxygen atoms in total. The van der Waals surface area contributed by atoms with Crippen molar-refractivity contribution in [2.45, 2.75) is 12.3 Å². The fourth-order valence-corrected chi connectivity index (χ4v) is 1.71. The number of nitrogens with two attached hydrogens (primary N) is 1. The number of thiazole rings is 1. The quantitative estimate of drug-likeness (QED) is 0.715. The molecule has 1 aromatic rings. The molecular weight excluding hydrogens is 276 g/mol. The lowest BCUT2D eigenvalue weighted by atomic mass is 10.3. The van der Waals surface area contributed by atoms with Crippen LogP contribution in [0, 0.1) is 0 Å². The summed E-state index contributed by atoms with van der Waals surface area (Å²) in [6, 6.07) is 0. The molecule has 1 amide bonds. The van der Waals surface area contributed by atoms with Gasteiger partial charge in [0.25, 0.3) is 5.91 Å². The van der Waals surface area contributed by atoms with Gasteiger partial charge in [-0.2, -0.15) is 8.78 Å². The van der Waals surface area contributed by atoms with Crippen LogP contribution < -0.4 is 16.4 Å². The van der Waals surface area contributed by atoms with Crippen molar-refractivity contribution in [3.8, 4) is 0 Å². The number of alkyl halides is 4. The monoisotopic (exact) mass is 286 g/mol. The standard InChI is InChI=1S/C8H10F4N4OS/c1-14-7-16-4(13)3(18-7)5(17)15-2-8(11,12)6(9)10/h6H,2,13H2,1H3,(H,14,16)(H,15,17). The number of rotatable bonds is 5. The zero-order valence-corrected chi connectivity index (χ0v) is 9.95. The number of halogens is 4. The number of nitrogens with zero attached hydrogens (tertiary/aromatic N) is 1. The van der Waals surface area contributed by atoms with Crippen molar-refractivity contribution in [3.63, 3.8) is 0 Å². The average Bonchev–Trinajstić information content (AvgIpc) is 2.67. The number of nitrogen functional groups attached to an aromatic ring is 1. The van der Waals surface area contributed by atoms with E-state index in [4.69, 9.17) is 5.73 Å². The van der Waals surface area contributed by atoms with Crippen molar-refractivity contribution < 1.29 is 22.4 Å². The molecule has 0 aliphatic heterocycles. The Bertz CT molecular complexity index is 437.